The Morgan fingerprint density at radius 3 is 3.00 bits per heavy atom. The number of pyridine rings is 1. The molecule has 1 amide bonds. The van der Waals surface area contributed by atoms with Gasteiger partial charge in [0, 0.05) is 25.9 Å². The lowest BCUT2D eigenvalue weighted by molar-refractivity contribution is -0.120. The SMILES string of the molecule is COCCNC(=O)CN[C@H](C)c1ccccn1. The van der Waals surface area contributed by atoms with Gasteiger partial charge in [-0.25, -0.2) is 0 Å². The number of methoxy groups -OCH3 is 1. The molecule has 0 aromatic carbocycles. The van der Waals surface area contributed by atoms with Gasteiger partial charge in [-0.1, -0.05) is 6.07 Å². The molecule has 0 saturated carbocycles. The topological polar surface area (TPSA) is 63.2 Å². The third-order valence-corrected chi connectivity index (χ3v) is 2.33. The molecule has 1 heterocycles. The number of amides is 1. The van der Waals surface area contributed by atoms with Crippen LogP contribution in [0, 0.1) is 0 Å². The van der Waals surface area contributed by atoms with Gasteiger partial charge in [-0.15, -0.1) is 0 Å². The van der Waals surface area contributed by atoms with Gasteiger partial charge in [0.1, 0.15) is 0 Å². The van der Waals surface area contributed by atoms with Crippen molar-refractivity contribution in [3.05, 3.63) is 30.1 Å². The van der Waals surface area contributed by atoms with Crippen LogP contribution < -0.4 is 10.6 Å². The van der Waals surface area contributed by atoms with Crippen molar-refractivity contribution in [1.82, 2.24) is 15.6 Å². The van der Waals surface area contributed by atoms with E-state index < -0.39 is 0 Å². The zero-order valence-electron chi connectivity index (χ0n) is 10.3. The minimum atomic E-state index is -0.0372. The first kappa shape index (κ1) is 13.6. The molecule has 1 aromatic heterocycles. The van der Waals surface area contributed by atoms with Crippen LogP contribution in [0.2, 0.25) is 0 Å². The summed E-state index contributed by atoms with van der Waals surface area (Å²) in [6.45, 7) is 3.32. The fraction of sp³-hybridized carbons (Fsp3) is 0.500. The predicted octanol–water partition coefficient (Wildman–Crippen LogP) is 0.495. The van der Waals surface area contributed by atoms with Crippen molar-refractivity contribution >= 4 is 5.91 Å². The average molecular weight is 237 g/mol. The highest BCUT2D eigenvalue weighted by Crippen LogP contribution is 2.06. The summed E-state index contributed by atoms with van der Waals surface area (Å²) in [4.78, 5) is 15.6. The van der Waals surface area contributed by atoms with Gasteiger partial charge in [-0.2, -0.15) is 0 Å². The number of nitrogens with zero attached hydrogens (tertiary/aromatic N) is 1. The summed E-state index contributed by atoms with van der Waals surface area (Å²) in [5.74, 6) is -0.0372. The van der Waals surface area contributed by atoms with E-state index in [9.17, 15) is 4.79 Å². The first-order chi connectivity index (χ1) is 8.24. The molecular formula is C12H19N3O2. The van der Waals surface area contributed by atoms with Gasteiger partial charge in [-0.3, -0.25) is 9.78 Å². The third-order valence-electron chi connectivity index (χ3n) is 2.33. The Hall–Kier alpha value is -1.46. The number of rotatable bonds is 7. The number of ether oxygens (including phenoxy) is 1. The van der Waals surface area contributed by atoms with E-state index in [0.29, 0.717) is 13.2 Å². The van der Waals surface area contributed by atoms with Crippen molar-refractivity contribution in [2.45, 2.75) is 13.0 Å². The van der Waals surface area contributed by atoms with E-state index >= 15 is 0 Å². The van der Waals surface area contributed by atoms with Gasteiger partial charge in [0.2, 0.25) is 5.91 Å². The highest BCUT2D eigenvalue weighted by Gasteiger charge is 2.07. The standard InChI is InChI=1S/C12H19N3O2/c1-10(11-5-3-4-6-13-11)15-9-12(16)14-7-8-17-2/h3-6,10,15H,7-9H2,1-2H3,(H,14,16)/t10-/m1/s1. The van der Waals surface area contributed by atoms with Gasteiger partial charge in [0.15, 0.2) is 0 Å². The number of carbonyl (C=O) groups is 1. The molecule has 0 aliphatic heterocycles. The zero-order valence-corrected chi connectivity index (χ0v) is 10.3. The van der Waals surface area contributed by atoms with Crippen LogP contribution in [0.3, 0.4) is 0 Å². The quantitative estimate of drug-likeness (QED) is 0.678. The number of hydrogen-bond donors (Lipinski definition) is 2. The van der Waals surface area contributed by atoms with Crippen LogP contribution in [0.5, 0.6) is 0 Å². The molecule has 0 fully saturated rings. The normalized spacial score (nSPS) is 12.1. The minimum absolute atomic E-state index is 0.0372. The molecule has 0 saturated heterocycles. The largest absolute Gasteiger partial charge is 0.383 e. The van der Waals surface area contributed by atoms with Crippen LogP contribution in [0.4, 0.5) is 0 Å². The van der Waals surface area contributed by atoms with Crippen molar-refractivity contribution in [2.24, 2.45) is 0 Å². The van der Waals surface area contributed by atoms with Crippen molar-refractivity contribution in [2.75, 3.05) is 26.8 Å². The summed E-state index contributed by atoms with van der Waals surface area (Å²) in [5, 5.41) is 5.85. The molecule has 17 heavy (non-hydrogen) atoms. The average Bonchev–Trinajstić information content (AvgIpc) is 2.37. The van der Waals surface area contributed by atoms with Crippen LogP contribution in [0.1, 0.15) is 18.7 Å². The van der Waals surface area contributed by atoms with Crippen LogP contribution in [0.15, 0.2) is 24.4 Å². The van der Waals surface area contributed by atoms with Crippen molar-refractivity contribution in [3.63, 3.8) is 0 Å². The summed E-state index contributed by atoms with van der Waals surface area (Å²) in [6, 6.07) is 5.79. The third kappa shape index (κ3) is 5.42. The molecule has 1 atom stereocenters. The maximum Gasteiger partial charge on any atom is 0.234 e. The molecule has 0 aliphatic carbocycles. The minimum Gasteiger partial charge on any atom is -0.383 e. The van der Waals surface area contributed by atoms with E-state index in [-0.39, 0.29) is 18.5 Å². The first-order valence-corrected chi connectivity index (χ1v) is 5.64. The summed E-state index contributed by atoms with van der Waals surface area (Å²) in [7, 11) is 1.60. The Morgan fingerprint density at radius 1 is 1.53 bits per heavy atom. The Kier molecular flexibility index (Phi) is 6.21. The van der Waals surface area contributed by atoms with E-state index in [2.05, 4.69) is 15.6 Å². The zero-order chi connectivity index (χ0) is 12.5. The second kappa shape index (κ2) is 7.76. The van der Waals surface area contributed by atoms with E-state index in [1.54, 1.807) is 13.3 Å². The smallest absolute Gasteiger partial charge is 0.234 e. The molecule has 0 bridgehead atoms. The summed E-state index contributed by atoms with van der Waals surface area (Å²) in [6.07, 6.45) is 1.74. The van der Waals surface area contributed by atoms with Crippen LogP contribution >= 0.6 is 0 Å². The van der Waals surface area contributed by atoms with E-state index in [0.717, 1.165) is 5.69 Å². The Morgan fingerprint density at radius 2 is 2.35 bits per heavy atom. The lowest BCUT2D eigenvalue weighted by atomic mass is 10.2. The summed E-state index contributed by atoms with van der Waals surface area (Å²) < 4.78 is 4.84. The van der Waals surface area contributed by atoms with Crippen molar-refractivity contribution < 1.29 is 9.53 Å². The first-order valence-electron chi connectivity index (χ1n) is 5.64. The fourth-order valence-corrected chi connectivity index (χ4v) is 1.34. The van der Waals surface area contributed by atoms with Crippen LogP contribution in [-0.2, 0) is 9.53 Å². The lowest BCUT2D eigenvalue weighted by Crippen LogP contribution is -2.36. The van der Waals surface area contributed by atoms with Crippen LogP contribution in [0.25, 0.3) is 0 Å². The highest BCUT2D eigenvalue weighted by molar-refractivity contribution is 5.77. The molecule has 5 heteroatoms. The molecule has 0 radical (unpaired) electrons. The second-order valence-electron chi connectivity index (χ2n) is 3.70. The molecule has 1 aromatic rings. The predicted molar refractivity (Wildman–Crippen MR) is 65.5 cm³/mol. The summed E-state index contributed by atoms with van der Waals surface area (Å²) in [5.41, 5.74) is 0.928. The molecule has 5 nitrogen and oxygen atoms in total. The number of nitrogens with one attached hydrogen (secondary N) is 2. The van der Waals surface area contributed by atoms with Crippen molar-refractivity contribution in [1.29, 1.82) is 0 Å². The van der Waals surface area contributed by atoms with Crippen LogP contribution in [-0.4, -0.2) is 37.7 Å². The maximum atomic E-state index is 11.4. The highest BCUT2D eigenvalue weighted by atomic mass is 16.5. The number of hydrogen-bond acceptors (Lipinski definition) is 4. The molecule has 2 N–H and O–H groups in total. The van der Waals surface area contributed by atoms with E-state index in [1.165, 1.54) is 0 Å². The summed E-state index contributed by atoms with van der Waals surface area (Å²) >= 11 is 0. The Balaban J connectivity index is 2.24. The van der Waals surface area contributed by atoms with Crippen molar-refractivity contribution in [3.8, 4) is 0 Å². The van der Waals surface area contributed by atoms with Gasteiger partial charge >= 0.3 is 0 Å². The van der Waals surface area contributed by atoms with E-state index in [4.69, 9.17) is 4.74 Å². The fourth-order valence-electron chi connectivity index (χ4n) is 1.34. The number of carbonyl (C=O) groups excluding carboxylic acids is 1. The Labute approximate surface area is 102 Å². The molecule has 0 spiro atoms. The Bertz CT molecular complexity index is 330. The number of aromatic nitrogens is 1. The maximum absolute atomic E-state index is 11.4. The monoisotopic (exact) mass is 237 g/mol. The molecule has 0 aliphatic rings. The molecule has 0 unspecified atom stereocenters. The van der Waals surface area contributed by atoms with E-state index in [1.807, 2.05) is 25.1 Å². The molecular weight excluding hydrogens is 218 g/mol. The van der Waals surface area contributed by atoms with Gasteiger partial charge in [-0.05, 0) is 19.1 Å². The van der Waals surface area contributed by atoms with Gasteiger partial charge in [0.25, 0.3) is 0 Å². The lowest BCUT2D eigenvalue weighted by Gasteiger charge is -2.12. The molecule has 1 rings (SSSR count). The van der Waals surface area contributed by atoms with Gasteiger partial charge < -0.3 is 15.4 Å². The van der Waals surface area contributed by atoms with Gasteiger partial charge in [0.05, 0.1) is 18.8 Å². The second-order valence-corrected chi connectivity index (χ2v) is 3.70. The molecule has 94 valence electrons.